The van der Waals surface area contributed by atoms with Gasteiger partial charge in [-0.3, -0.25) is 4.79 Å². The molecule has 0 bridgehead atoms. The molecule has 0 aliphatic rings. The number of rotatable bonds is 5. The molecule has 5 nitrogen and oxygen atoms in total. The highest BCUT2D eigenvalue weighted by molar-refractivity contribution is 7.15. The van der Waals surface area contributed by atoms with Crippen LogP contribution in [0.3, 0.4) is 0 Å². The smallest absolute Gasteiger partial charge is 0.291 e. The predicted molar refractivity (Wildman–Crippen MR) is 109 cm³/mol. The van der Waals surface area contributed by atoms with Crippen LogP contribution in [0.15, 0.2) is 53.3 Å². The number of nitrogens with zero attached hydrogens (tertiary/aromatic N) is 3. The van der Waals surface area contributed by atoms with Gasteiger partial charge in [-0.25, -0.2) is 0 Å². The average Bonchev–Trinajstić information content (AvgIpc) is 3.21. The highest BCUT2D eigenvalue weighted by Crippen LogP contribution is 2.25. The summed E-state index contributed by atoms with van der Waals surface area (Å²) in [5.74, 6) is 1.21. The van der Waals surface area contributed by atoms with Crippen molar-refractivity contribution in [3.63, 3.8) is 0 Å². The van der Waals surface area contributed by atoms with Gasteiger partial charge in [0.1, 0.15) is 5.75 Å². The summed E-state index contributed by atoms with van der Waals surface area (Å²) in [5.41, 5.74) is 1.36. The molecule has 2 aromatic carbocycles. The largest absolute Gasteiger partial charge is 0.493 e. The van der Waals surface area contributed by atoms with Crippen molar-refractivity contribution in [2.24, 2.45) is 0 Å². The van der Waals surface area contributed by atoms with Gasteiger partial charge in [0.15, 0.2) is 5.82 Å². The van der Waals surface area contributed by atoms with Crippen molar-refractivity contribution in [2.45, 2.75) is 13.3 Å². The number of hydrogen-bond acceptors (Lipinski definition) is 5. The topological polar surface area (TPSA) is 56.5 Å². The fraction of sp³-hybridized carbons (Fsp3) is 0.150. The molecule has 0 atom stereocenters. The van der Waals surface area contributed by atoms with Gasteiger partial charge in [0.2, 0.25) is 4.96 Å². The summed E-state index contributed by atoms with van der Waals surface area (Å²) < 4.78 is 7.65. The summed E-state index contributed by atoms with van der Waals surface area (Å²) >= 11 is 7.50. The number of halogens is 1. The van der Waals surface area contributed by atoms with Crippen molar-refractivity contribution >= 4 is 34.0 Å². The molecule has 0 spiro atoms. The van der Waals surface area contributed by atoms with Gasteiger partial charge in [0.05, 0.1) is 16.2 Å². The van der Waals surface area contributed by atoms with Crippen LogP contribution in [-0.4, -0.2) is 21.2 Å². The van der Waals surface area contributed by atoms with Gasteiger partial charge < -0.3 is 4.74 Å². The van der Waals surface area contributed by atoms with Gasteiger partial charge in [-0.1, -0.05) is 60.2 Å². The quantitative estimate of drug-likeness (QED) is 0.514. The maximum Gasteiger partial charge on any atom is 0.291 e. The fourth-order valence-electron chi connectivity index (χ4n) is 2.67. The molecule has 27 heavy (non-hydrogen) atoms. The summed E-state index contributed by atoms with van der Waals surface area (Å²) in [4.78, 5) is 17.8. The molecule has 4 aromatic rings. The number of ether oxygens (including phenoxy) is 1. The van der Waals surface area contributed by atoms with Crippen LogP contribution >= 0.6 is 22.9 Å². The molecule has 0 aliphatic carbocycles. The molecule has 0 aliphatic heterocycles. The molecule has 0 fully saturated rings. The third-order valence-corrected chi connectivity index (χ3v) is 5.25. The summed E-state index contributed by atoms with van der Waals surface area (Å²) in [6.45, 7) is 2.68. The molecule has 136 valence electrons. The summed E-state index contributed by atoms with van der Waals surface area (Å²) in [5, 5.41) is 4.90. The number of para-hydroxylation sites is 1. The molecule has 7 heteroatoms. The van der Waals surface area contributed by atoms with Crippen molar-refractivity contribution in [2.75, 3.05) is 6.61 Å². The van der Waals surface area contributed by atoms with Crippen LogP contribution in [-0.2, 0) is 0 Å². The molecule has 0 N–H and O–H groups in total. The van der Waals surface area contributed by atoms with E-state index >= 15 is 0 Å². The Morgan fingerprint density at radius 3 is 2.74 bits per heavy atom. The zero-order valence-corrected chi connectivity index (χ0v) is 16.1. The van der Waals surface area contributed by atoms with Crippen LogP contribution in [0.2, 0.25) is 5.02 Å². The van der Waals surface area contributed by atoms with Crippen LogP contribution in [0.5, 0.6) is 5.75 Å². The normalized spacial score (nSPS) is 12.0. The van der Waals surface area contributed by atoms with E-state index in [0.29, 0.717) is 32.5 Å². The summed E-state index contributed by atoms with van der Waals surface area (Å²) in [6, 6.07) is 15.0. The third-order valence-electron chi connectivity index (χ3n) is 3.96. The second kappa shape index (κ2) is 7.50. The van der Waals surface area contributed by atoms with Gasteiger partial charge in [-0.2, -0.15) is 9.50 Å². The van der Waals surface area contributed by atoms with E-state index in [-0.39, 0.29) is 5.56 Å². The Labute approximate surface area is 164 Å². The van der Waals surface area contributed by atoms with E-state index in [2.05, 4.69) is 17.0 Å². The molecule has 2 aromatic heterocycles. The second-order valence-corrected chi connectivity index (χ2v) is 7.33. The van der Waals surface area contributed by atoms with Crippen LogP contribution in [0.25, 0.3) is 22.4 Å². The monoisotopic (exact) mass is 397 g/mol. The lowest BCUT2D eigenvalue weighted by Gasteiger charge is -2.07. The standard InChI is InChI=1S/C20H16ClN3O2S/c1-2-11-26-16-10-6-3-7-13(16)12-17-19(25)24-20(27-17)22-18(23-24)14-8-4-5-9-15(14)21/h3-10,12H,2,11H2,1H3/b17-12-. The average molecular weight is 398 g/mol. The Balaban J connectivity index is 1.78. The van der Waals surface area contributed by atoms with E-state index in [4.69, 9.17) is 16.3 Å². The minimum atomic E-state index is -0.203. The molecule has 0 radical (unpaired) electrons. The highest BCUT2D eigenvalue weighted by Gasteiger charge is 2.14. The van der Waals surface area contributed by atoms with Gasteiger partial charge in [0, 0.05) is 11.1 Å². The fourth-order valence-corrected chi connectivity index (χ4v) is 3.79. The van der Waals surface area contributed by atoms with Gasteiger partial charge >= 0.3 is 0 Å². The molecule has 0 amide bonds. The Bertz CT molecular complexity index is 1220. The molecule has 0 saturated carbocycles. The Hall–Kier alpha value is -2.70. The van der Waals surface area contributed by atoms with Crippen LogP contribution in [0.1, 0.15) is 18.9 Å². The van der Waals surface area contributed by atoms with E-state index in [0.717, 1.165) is 17.7 Å². The van der Waals surface area contributed by atoms with Gasteiger partial charge in [-0.05, 0) is 30.7 Å². The first-order chi connectivity index (χ1) is 13.2. The third kappa shape index (κ3) is 3.46. The Kier molecular flexibility index (Phi) is 4.92. The van der Waals surface area contributed by atoms with Crippen molar-refractivity contribution in [1.82, 2.24) is 14.6 Å². The lowest BCUT2D eigenvalue weighted by Crippen LogP contribution is -2.23. The molecule has 4 rings (SSSR count). The highest BCUT2D eigenvalue weighted by atomic mass is 35.5. The first-order valence-electron chi connectivity index (χ1n) is 8.55. The second-order valence-electron chi connectivity index (χ2n) is 5.91. The number of benzene rings is 2. The lowest BCUT2D eigenvalue weighted by molar-refractivity contribution is 0.317. The number of thiazole rings is 1. The van der Waals surface area contributed by atoms with Crippen LogP contribution in [0.4, 0.5) is 0 Å². The minimum Gasteiger partial charge on any atom is -0.493 e. The Morgan fingerprint density at radius 2 is 1.96 bits per heavy atom. The maximum atomic E-state index is 12.8. The van der Waals surface area contributed by atoms with Crippen molar-refractivity contribution in [3.8, 4) is 17.1 Å². The lowest BCUT2D eigenvalue weighted by atomic mass is 10.2. The molecule has 0 saturated heterocycles. The predicted octanol–water partition coefficient (Wildman–Crippen LogP) is 3.81. The Morgan fingerprint density at radius 1 is 1.19 bits per heavy atom. The number of fused-ring (bicyclic) bond motifs is 1. The molecular formula is C20H16ClN3O2S. The SMILES string of the molecule is CCCOc1ccccc1/C=c1\sc2nc(-c3ccccc3Cl)nn2c1=O. The number of hydrogen-bond donors (Lipinski definition) is 0. The zero-order chi connectivity index (χ0) is 18.8. The van der Waals surface area contributed by atoms with E-state index in [1.165, 1.54) is 15.9 Å². The number of aromatic nitrogens is 3. The van der Waals surface area contributed by atoms with Crippen molar-refractivity contribution < 1.29 is 4.74 Å². The summed E-state index contributed by atoms with van der Waals surface area (Å²) in [7, 11) is 0. The van der Waals surface area contributed by atoms with Crippen molar-refractivity contribution in [3.05, 3.63) is 74.0 Å². The van der Waals surface area contributed by atoms with Gasteiger partial charge in [0.25, 0.3) is 5.56 Å². The van der Waals surface area contributed by atoms with E-state index in [1.807, 2.05) is 48.5 Å². The van der Waals surface area contributed by atoms with Gasteiger partial charge in [-0.15, -0.1) is 5.10 Å². The minimum absolute atomic E-state index is 0.203. The zero-order valence-electron chi connectivity index (χ0n) is 14.6. The first kappa shape index (κ1) is 17.7. The maximum absolute atomic E-state index is 12.8. The van der Waals surface area contributed by atoms with E-state index < -0.39 is 0 Å². The molecule has 0 unspecified atom stereocenters. The van der Waals surface area contributed by atoms with Crippen LogP contribution in [0, 0.1) is 0 Å². The summed E-state index contributed by atoms with van der Waals surface area (Å²) in [6.07, 6.45) is 2.74. The molecular weight excluding hydrogens is 382 g/mol. The van der Waals surface area contributed by atoms with Crippen LogP contribution < -0.4 is 14.8 Å². The van der Waals surface area contributed by atoms with Crippen molar-refractivity contribution in [1.29, 1.82) is 0 Å². The van der Waals surface area contributed by atoms with E-state index in [1.54, 1.807) is 6.07 Å². The first-order valence-corrected chi connectivity index (χ1v) is 9.75. The van der Waals surface area contributed by atoms with E-state index in [9.17, 15) is 4.79 Å². The molecule has 2 heterocycles.